The molecule has 1 unspecified atom stereocenters. The first-order valence-corrected chi connectivity index (χ1v) is 7.07. The van der Waals surface area contributed by atoms with Crippen LogP contribution in [0.15, 0.2) is 0 Å². The van der Waals surface area contributed by atoms with Crippen LogP contribution in [-0.2, 0) is 0 Å². The number of nitrogens with one attached hydrogen (secondary N) is 1. The lowest BCUT2D eigenvalue weighted by molar-refractivity contribution is 0.113. The molecule has 0 spiro atoms. The minimum atomic E-state index is 0.687. The molecule has 1 N–H and O–H groups in total. The van der Waals surface area contributed by atoms with Crippen LogP contribution >= 0.6 is 0 Å². The lowest BCUT2D eigenvalue weighted by Gasteiger charge is -2.37. The fourth-order valence-corrected chi connectivity index (χ4v) is 2.83. The highest BCUT2D eigenvalue weighted by atomic mass is 15.3. The van der Waals surface area contributed by atoms with Crippen molar-refractivity contribution in [2.75, 3.05) is 66.5 Å². The summed E-state index contributed by atoms with van der Waals surface area (Å²) >= 11 is 0. The van der Waals surface area contributed by atoms with Gasteiger partial charge in [-0.1, -0.05) is 0 Å². The Kier molecular flexibility index (Phi) is 5.22. The summed E-state index contributed by atoms with van der Waals surface area (Å²) in [7, 11) is 4.48. The summed E-state index contributed by atoms with van der Waals surface area (Å²) in [6, 6.07) is 0.687. The van der Waals surface area contributed by atoms with Crippen LogP contribution in [0, 0.1) is 0 Å². The average molecular weight is 240 g/mol. The van der Waals surface area contributed by atoms with Crippen LogP contribution < -0.4 is 5.32 Å². The number of piperazine rings is 1. The molecule has 0 aromatic rings. The highest BCUT2D eigenvalue weighted by molar-refractivity contribution is 4.80. The average Bonchev–Trinajstić information content (AvgIpc) is 2.82. The highest BCUT2D eigenvalue weighted by Gasteiger charge is 2.21. The van der Waals surface area contributed by atoms with E-state index in [1.807, 2.05) is 0 Å². The minimum absolute atomic E-state index is 0.687. The molecular weight excluding hydrogens is 212 g/mol. The zero-order valence-corrected chi connectivity index (χ0v) is 11.5. The number of likely N-dealkylation sites (tertiary alicyclic amines) is 1. The Hall–Kier alpha value is -0.160. The molecule has 2 aliphatic heterocycles. The van der Waals surface area contributed by atoms with Gasteiger partial charge in [0.2, 0.25) is 0 Å². The van der Waals surface area contributed by atoms with E-state index in [-0.39, 0.29) is 0 Å². The minimum Gasteiger partial charge on any atom is -0.314 e. The van der Waals surface area contributed by atoms with Crippen LogP contribution in [0.4, 0.5) is 0 Å². The van der Waals surface area contributed by atoms with Crippen LogP contribution in [0.2, 0.25) is 0 Å². The summed E-state index contributed by atoms with van der Waals surface area (Å²) in [6.07, 6.45) is 2.80. The summed E-state index contributed by atoms with van der Waals surface area (Å²) < 4.78 is 0. The predicted octanol–water partition coefficient (Wildman–Crippen LogP) is -0.0824. The first-order chi connectivity index (χ1) is 8.25. The quantitative estimate of drug-likeness (QED) is 0.678. The Balaban J connectivity index is 1.57. The Morgan fingerprint density at radius 3 is 2.59 bits per heavy atom. The molecule has 0 saturated carbocycles. The van der Waals surface area contributed by atoms with Crippen LogP contribution in [0.5, 0.6) is 0 Å². The Labute approximate surface area is 106 Å². The van der Waals surface area contributed by atoms with E-state index < -0.39 is 0 Å². The fraction of sp³-hybridized carbons (Fsp3) is 1.00. The lowest BCUT2D eigenvalue weighted by atomic mass is 10.2. The molecule has 0 aromatic heterocycles. The second kappa shape index (κ2) is 6.69. The molecule has 0 radical (unpaired) electrons. The topological polar surface area (TPSA) is 21.8 Å². The molecular formula is C13H28N4. The Bertz CT molecular complexity index is 215. The summed E-state index contributed by atoms with van der Waals surface area (Å²) in [5, 5.41) is 3.62. The molecule has 0 aliphatic carbocycles. The SMILES string of the molecule is CN1CCN(C)C(CNCCN2CCCC2)C1. The largest absolute Gasteiger partial charge is 0.314 e. The van der Waals surface area contributed by atoms with Gasteiger partial charge in [-0.05, 0) is 40.0 Å². The monoisotopic (exact) mass is 240 g/mol. The molecule has 2 fully saturated rings. The first-order valence-electron chi connectivity index (χ1n) is 7.07. The van der Waals surface area contributed by atoms with Gasteiger partial charge in [-0.15, -0.1) is 0 Å². The first kappa shape index (κ1) is 13.3. The number of hydrogen-bond donors (Lipinski definition) is 1. The second-order valence-electron chi connectivity index (χ2n) is 5.65. The summed E-state index contributed by atoms with van der Waals surface area (Å²) in [5.41, 5.74) is 0. The van der Waals surface area contributed by atoms with Crippen molar-refractivity contribution in [1.82, 2.24) is 20.0 Å². The summed E-state index contributed by atoms with van der Waals surface area (Å²) in [6.45, 7) is 9.75. The van der Waals surface area contributed by atoms with Gasteiger partial charge in [0.1, 0.15) is 0 Å². The highest BCUT2D eigenvalue weighted by Crippen LogP contribution is 2.06. The van der Waals surface area contributed by atoms with Crippen molar-refractivity contribution in [1.29, 1.82) is 0 Å². The molecule has 100 valence electrons. The molecule has 2 saturated heterocycles. The van der Waals surface area contributed by atoms with E-state index in [1.54, 1.807) is 0 Å². The molecule has 4 heteroatoms. The van der Waals surface area contributed by atoms with Crippen molar-refractivity contribution in [3.8, 4) is 0 Å². The molecule has 0 aromatic carbocycles. The van der Waals surface area contributed by atoms with Gasteiger partial charge in [-0.3, -0.25) is 4.90 Å². The van der Waals surface area contributed by atoms with E-state index in [4.69, 9.17) is 0 Å². The third kappa shape index (κ3) is 4.21. The third-order valence-electron chi connectivity index (χ3n) is 4.16. The van der Waals surface area contributed by atoms with Crippen molar-refractivity contribution in [2.45, 2.75) is 18.9 Å². The fourth-order valence-electron chi connectivity index (χ4n) is 2.83. The van der Waals surface area contributed by atoms with Crippen LogP contribution in [0.1, 0.15) is 12.8 Å². The van der Waals surface area contributed by atoms with Gasteiger partial charge in [0, 0.05) is 45.3 Å². The summed E-state index contributed by atoms with van der Waals surface area (Å²) in [5.74, 6) is 0. The molecule has 2 heterocycles. The zero-order valence-electron chi connectivity index (χ0n) is 11.5. The molecule has 4 nitrogen and oxygen atoms in total. The van der Waals surface area contributed by atoms with E-state index in [0.717, 1.165) is 13.1 Å². The predicted molar refractivity (Wildman–Crippen MR) is 72.5 cm³/mol. The van der Waals surface area contributed by atoms with Crippen LogP contribution in [0.25, 0.3) is 0 Å². The van der Waals surface area contributed by atoms with Crippen molar-refractivity contribution >= 4 is 0 Å². The standard InChI is InChI=1S/C13H28N4/c1-15-9-10-16(2)13(12-15)11-14-5-8-17-6-3-4-7-17/h13-14H,3-12H2,1-2H3. The van der Waals surface area contributed by atoms with Crippen molar-refractivity contribution in [3.05, 3.63) is 0 Å². The van der Waals surface area contributed by atoms with Gasteiger partial charge in [-0.2, -0.15) is 0 Å². The molecule has 17 heavy (non-hydrogen) atoms. The third-order valence-corrected chi connectivity index (χ3v) is 4.16. The molecule has 1 atom stereocenters. The number of rotatable bonds is 5. The molecule has 0 amide bonds. The number of hydrogen-bond acceptors (Lipinski definition) is 4. The van der Waals surface area contributed by atoms with Gasteiger partial charge in [-0.25, -0.2) is 0 Å². The number of nitrogens with zero attached hydrogens (tertiary/aromatic N) is 3. The molecule has 2 rings (SSSR count). The molecule has 0 bridgehead atoms. The van der Waals surface area contributed by atoms with E-state index in [2.05, 4.69) is 34.1 Å². The maximum Gasteiger partial charge on any atom is 0.0345 e. The maximum atomic E-state index is 3.62. The van der Waals surface area contributed by atoms with Crippen molar-refractivity contribution in [3.63, 3.8) is 0 Å². The molecule has 2 aliphatic rings. The van der Waals surface area contributed by atoms with E-state index in [1.165, 1.54) is 52.1 Å². The second-order valence-corrected chi connectivity index (χ2v) is 5.65. The van der Waals surface area contributed by atoms with Crippen molar-refractivity contribution in [2.24, 2.45) is 0 Å². The van der Waals surface area contributed by atoms with Gasteiger partial charge in [0.25, 0.3) is 0 Å². The van der Waals surface area contributed by atoms with Crippen molar-refractivity contribution < 1.29 is 0 Å². The van der Waals surface area contributed by atoms with E-state index >= 15 is 0 Å². The van der Waals surface area contributed by atoms with Gasteiger partial charge in [0.15, 0.2) is 0 Å². The summed E-state index contributed by atoms with van der Waals surface area (Å²) in [4.78, 5) is 7.50. The van der Waals surface area contributed by atoms with Gasteiger partial charge < -0.3 is 15.1 Å². The van der Waals surface area contributed by atoms with Gasteiger partial charge >= 0.3 is 0 Å². The van der Waals surface area contributed by atoms with Gasteiger partial charge in [0.05, 0.1) is 0 Å². The Morgan fingerprint density at radius 2 is 1.82 bits per heavy atom. The zero-order chi connectivity index (χ0) is 12.1. The Morgan fingerprint density at radius 1 is 1.06 bits per heavy atom. The van der Waals surface area contributed by atoms with E-state index in [0.29, 0.717) is 6.04 Å². The smallest absolute Gasteiger partial charge is 0.0345 e. The number of likely N-dealkylation sites (N-methyl/N-ethyl adjacent to an activating group) is 2. The van der Waals surface area contributed by atoms with Crippen LogP contribution in [0.3, 0.4) is 0 Å². The van der Waals surface area contributed by atoms with Crippen LogP contribution in [-0.4, -0.2) is 87.2 Å². The van der Waals surface area contributed by atoms with E-state index in [9.17, 15) is 0 Å². The lowest BCUT2D eigenvalue weighted by Crippen LogP contribution is -2.54. The normalized spacial score (nSPS) is 28.9. The maximum absolute atomic E-state index is 3.62.